The highest BCUT2D eigenvalue weighted by Crippen LogP contribution is 2.31. The minimum absolute atomic E-state index is 0. The van der Waals surface area contributed by atoms with Crippen LogP contribution in [0, 0.1) is 5.41 Å². The van der Waals surface area contributed by atoms with Crippen molar-refractivity contribution >= 4 is 29.9 Å². The maximum absolute atomic E-state index is 9.33. The molecule has 1 atom stereocenters. The van der Waals surface area contributed by atoms with Crippen molar-refractivity contribution < 1.29 is 9.84 Å². The number of ether oxygens (including phenoxy) is 1. The standard InChI is InChI=1S/C19H27N5O2.HI/c1-20-18(22-14-19(6-10-25)7-11-26-15-19)21-13-16-4-2-5-17(12-16)24-9-3-8-23-24;/h2-5,8-9,12,25H,6-7,10-11,13-15H2,1H3,(H2,20,21,22);1H. The van der Waals surface area contributed by atoms with Gasteiger partial charge in [-0.05, 0) is 36.6 Å². The van der Waals surface area contributed by atoms with Crippen LogP contribution in [0.5, 0.6) is 0 Å². The summed E-state index contributed by atoms with van der Waals surface area (Å²) in [6.45, 7) is 3.02. The van der Waals surface area contributed by atoms with E-state index >= 15 is 0 Å². The first-order chi connectivity index (χ1) is 12.7. The summed E-state index contributed by atoms with van der Waals surface area (Å²) in [6, 6.07) is 10.1. The second kappa shape index (κ2) is 10.6. The molecule has 1 aliphatic rings. The molecule has 0 radical (unpaired) electrons. The number of halogens is 1. The molecular formula is C19H28IN5O2. The van der Waals surface area contributed by atoms with E-state index in [2.05, 4.69) is 32.9 Å². The van der Waals surface area contributed by atoms with Gasteiger partial charge in [0.05, 0.1) is 12.3 Å². The van der Waals surface area contributed by atoms with Crippen LogP contribution in [0.2, 0.25) is 0 Å². The molecule has 27 heavy (non-hydrogen) atoms. The maximum Gasteiger partial charge on any atom is 0.191 e. The van der Waals surface area contributed by atoms with E-state index < -0.39 is 0 Å². The Morgan fingerprint density at radius 1 is 1.37 bits per heavy atom. The third-order valence-electron chi connectivity index (χ3n) is 4.82. The molecule has 3 N–H and O–H groups in total. The van der Waals surface area contributed by atoms with Crippen LogP contribution in [0.1, 0.15) is 18.4 Å². The number of aromatic nitrogens is 2. The van der Waals surface area contributed by atoms with Crippen molar-refractivity contribution in [3.63, 3.8) is 0 Å². The summed E-state index contributed by atoms with van der Waals surface area (Å²) >= 11 is 0. The number of nitrogens with one attached hydrogen (secondary N) is 2. The molecule has 1 fully saturated rings. The second-order valence-electron chi connectivity index (χ2n) is 6.68. The Balaban J connectivity index is 0.00000261. The normalized spacial score (nSPS) is 19.6. The molecule has 8 heteroatoms. The summed E-state index contributed by atoms with van der Waals surface area (Å²) < 4.78 is 7.38. The van der Waals surface area contributed by atoms with Gasteiger partial charge in [0.1, 0.15) is 0 Å². The zero-order chi connectivity index (χ0) is 18.2. The Kier molecular flexibility index (Phi) is 8.52. The molecule has 0 spiro atoms. The minimum Gasteiger partial charge on any atom is -0.396 e. The molecule has 2 heterocycles. The Morgan fingerprint density at radius 2 is 2.26 bits per heavy atom. The van der Waals surface area contributed by atoms with Gasteiger partial charge >= 0.3 is 0 Å². The highest BCUT2D eigenvalue weighted by atomic mass is 127. The van der Waals surface area contributed by atoms with Gasteiger partial charge in [0.2, 0.25) is 0 Å². The van der Waals surface area contributed by atoms with Gasteiger partial charge in [0, 0.05) is 51.2 Å². The SMILES string of the molecule is CN=C(NCc1cccc(-n2cccn2)c1)NCC1(CCO)CCOC1.I. The van der Waals surface area contributed by atoms with Crippen molar-refractivity contribution in [1.29, 1.82) is 0 Å². The summed E-state index contributed by atoms with van der Waals surface area (Å²) in [6.07, 6.45) is 5.40. The number of hydrogen-bond acceptors (Lipinski definition) is 4. The van der Waals surface area contributed by atoms with E-state index in [0.717, 1.165) is 43.2 Å². The quantitative estimate of drug-likeness (QED) is 0.317. The molecule has 0 saturated carbocycles. The second-order valence-corrected chi connectivity index (χ2v) is 6.68. The Hall–Kier alpha value is -1.65. The van der Waals surface area contributed by atoms with Gasteiger partial charge in [0.25, 0.3) is 0 Å². The third-order valence-corrected chi connectivity index (χ3v) is 4.82. The van der Waals surface area contributed by atoms with Crippen LogP contribution in [-0.4, -0.2) is 54.3 Å². The van der Waals surface area contributed by atoms with E-state index in [1.54, 1.807) is 13.2 Å². The number of aliphatic hydroxyl groups is 1. The summed E-state index contributed by atoms with van der Waals surface area (Å²) in [5.41, 5.74) is 2.17. The Morgan fingerprint density at radius 3 is 2.93 bits per heavy atom. The number of guanidine groups is 1. The average Bonchev–Trinajstić information content (AvgIpc) is 3.35. The highest BCUT2D eigenvalue weighted by molar-refractivity contribution is 14.0. The van der Waals surface area contributed by atoms with Crippen LogP contribution < -0.4 is 10.6 Å². The zero-order valence-electron chi connectivity index (χ0n) is 15.6. The van der Waals surface area contributed by atoms with Crippen LogP contribution in [-0.2, 0) is 11.3 Å². The van der Waals surface area contributed by atoms with Crippen molar-refractivity contribution in [2.24, 2.45) is 10.4 Å². The predicted octanol–water partition coefficient (Wildman–Crippen LogP) is 1.94. The average molecular weight is 485 g/mol. The molecule has 7 nitrogen and oxygen atoms in total. The van der Waals surface area contributed by atoms with Crippen molar-refractivity contribution in [2.75, 3.05) is 33.4 Å². The highest BCUT2D eigenvalue weighted by Gasteiger charge is 2.34. The Labute approximate surface area is 177 Å². The minimum atomic E-state index is -0.00756. The predicted molar refractivity (Wildman–Crippen MR) is 117 cm³/mol. The van der Waals surface area contributed by atoms with Crippen LogP contribution in [0.15, 0.2) is 47.7 Å². The largest absolute Gasteiger partial charge is 0.396 e. The van der Waals surface area contributed by atoms with Gasteiger partial charge in [-0.1, -0.05) is 12.1 Å². The topological polar surface area (TPSA) is 83.7 Å². The lowest BCUT2D eigenvalue weighted by Gasteiger charge is -2.27. The van der Waals surface area contributed by atoms with E-state index in [1.165, 1.54) is 0 Å². The monoisotopic (exact) mass is 485 g/mol. The van der Waals surface area contributed by atoms with E-state index in [9.17, 15) is 5.11 Å². The number of aliphatic hydroxyl groups excluding tert-OH is 1. The van der Waals surface area contributed by atoms with Gasteiger partial charge in [0.15, 0.2) is 5.96 Å². The Bertz CT molecular complexity index is 715. The smallest absolute Gasteiger partial charge is 0.191 e. The fourth-order valence-electron chi connectivity index (χ4n) is 3.22. The van der Waals surface area contributed by atoms with Crippen molar-refractivity contribution in [2.45, 2.75) is 19.4 Å². The van der Waals surface area contributed by atoms with Gasteiger partial charge in [-0.25, -0.2) is 4.68 Å². The molecule has 1 saturated heterocycles. The first-order valence-electron chi connectivity index (χ1n) is 8.97. The van der Waals surface area contributed by atoms with Crippen molar-refractivity contribution in [3.05, 3.63) is 48.3 Å². The van der Waals surface area contributed by atoms with E-state index in [1.807, 2.05) is 29.1 Å². The lowest BCUT2D eigenvalue weighted by molar-refractivity contribution is 0.127. The molecule has 148 valence electrons. The molecule has 0 amide bonds. The third kappa shape index (κ3) is 5.91. The van der Waals surface area contributed by atoms with Gasteiger partial charge in [-0.3, -0.25) is 4.99 Å². The molecule has 0 bridgehead atoms. The number of benzene rings is 1. The first-order valence-corrected chi connectivity index (χ1v) is 8.97. The molecule has 1 aromatic heterocycles. The molecule has 1 unspecified atom stereocenters. The van der Waals surface area contributed by atoms with Crippen LogP contribution in [0.4, 0.5) is 0 Å². The van der Waals surface area contributed by atoms with Crippen LogP contribution >= 0.6 is 24.0 Å². The van der Waals surface area contributed by atoms with E-state index in [4.69, 9.17) is 4.74 Å². The summed E-state index contributed by atoms with van der Waals surface area (Å²) in [5.74, 6) is 0.749. The number of nitrogens with zero attached hydrogens (tertiary/aromatic N) is 3. The van der Waals surface area contributed by atoms with Gasteiger partial charge in [-0.2, -0.15) is 5.10 Å². The van der Waals surface area contributed by atoms with Crippen molar-refractivity contribution in [1.82, 2.24) is 20.4 Å². The fourth-order valence-corrected chi connectivity index (χ4v) is 3.22. The zero-order valence-corrected chi connectivity index (χ0v) is 17.9. The lowest BCUT2D eigenvalue weighted by atomic mass is 9.84. The van der Waals surface area contributed by atoms with Crippen molar-refractivity contribution in [3.8, 4) is 5.69 Å². The summed E-state index contributed by atoms with van der Waals surface area (Å²) in [4.78, 5) is 4.30. The number of hydrogen-bond donors (Lipinski definition) is 3. The number of rotatable bonds is 7. The molecular weight excluding hydrogens is 457 g/mol. The molecule has 0 aliphatic carbocycles. The van der Waals surface area contributed by atoms with Gasteiger partial charge in [-0.15, -0.1) is 24.0 Å². The van der Waals surface area contributed by atoms with E-state index in [0.29, 0.717) is 13.2 Å². The van der Waals surface area contributed by atoms with Gasteiger partial charge < -0.3 is 20.5 Å². The lowest BCUT2D eigenvalue weighted by Crippen LogP contribution is -2.44. The maximum atomic E-state index is 9.33. The number of aliphatic imine (C=N–C) groups is 1. The molecule has 1 aliphatic heterocycles. The summed E-state index contributed by atoms with van der Waals surface area (Å²) in [5, 5.41) is 20.3. The molecule has 3 rings (SSSR count). The molecule has 1 aromatic carbocycles. The van der Waals surface area contributed by atoms with Crippen LogP contribution in [0.3, 0.4) is 0 Å². The fraction of sp³-hybridized carbons (Fsp3) is 0.474. The summed E-state index contributed by atoms with van der Waals surface area (Å²) in [7, 11) is 1.76. The van der Waals surface area contributed by atoms with Crippen LogP contribution in [0.25, 0.3) is 5.69 Å². The van der Waals surface area contributed by atoms with E-state index in [-0.39, 0.29) is 36.0 Å². The molecule has 2 aromatic rings. The first kappa shape index (κ1) is 21.6.